The summed E-state index contributed by atoms with van der Waals surface area (Å²) < 4.78 is 5.24. The molecule has 2 aromatic rings. The van der Waals surface area contributed by atoms with Gasteiger partial charge in [-0.1, -0.05) is 23.5 Å². The molecule has 0 aliphatic heterocycles. The highest BCUT2D eigenvalue weighted by molar-refractivity contribution is 7.15. The van der Waals surface area contributed by atoms with Gasteiger partial charge in [0.25, 0.3) is 0 Å². The van der Waals surface area contributed by atoms with Crippen molar-refractivity contribution in [3.63, 3.8) is 0 Å². The predicted molar refractivity (Wildman–Crippen MR) is 74.7 cm³/mol. The molecule has 1 amide bonds. The van der Waals surface area contributed by atoms with Crippen LogP contribution in [-0.4, -0.2) is 23.2 Å². The monoisotopic (exact) mass is 277 g/mol. The lowest BCUT2D eigenvalue weighted by Crippen LogP contribution is -2.14. The van der Waals surface area contributed by atoms with Gasteiger partial charge in [0.15, 0.2) is 0 Å². The number of anilines is 1. The summed E-state index contributed by atoms with van der Waals surface area (Å²) in [6, 6.07) is 5.74. The number of carbonyl (C=O) groups excluding carboxylic acids is 1. The van der Waals surface area contributed by atoms with Crippen LogP contribution in [0.15, 0.2) is 18.2 Å². The van der Waals surface area contributed by atoms with Crippen LogP contribution in [-0.2, 0) is 11.2 Å². The zero-order valence-electron chi connectivity index (χ0n) is 11.1. The van der Waals surface area contributed by atoms with Gasteiger partial charge in [0.2, 0.25) is 11.0 Å². The molecule has 0 atom stereocenters. The Labute approximate surface area is 115 Å². The topological polar surface area (TPSA) is 64.1 Å². The van der Waals surface area contributed by atoms with E-state index >= 15 is 0 Å². The van der Waals surface area contributed by atoms with Crippen molar-refractivity contribution in [1.82, 2.24) is 10.2 Å². The van der Waals surface area contributed by atoms with Crippen LogP contribution in [0.2, 0.25) is 0 Å². The van der Waals surface area contributed by atoms with Gasteiger partial charge >= 0.3 is 0 Å². The van der Waals surface area contributed by atoms with Gasteiger partial charge in [-0.2, -0.15) is 0 Å². The fourth-order valence-corrected chi connectivity index (χ4v) is 2.28. The normalized spacial score (nSPS) is 10.3. The van der Waals surface area contributed by atoms with Crippen LogP contribution in [0.1, 0.15) is 16.1 Å². The van der Waals surface area contributed by atoms with Crippen LogP contribution < -0.4 is 10.1 Å². The second-order valence-electron chi connectivity index (χ2n) is 4.16. The summed E-state index contributed by atoms with van der Waals surface area (Å²) in [7, 11) is 1.62. The Hall–Kier alpha value is -1.95. The van der Waals surface area contributed by atoms with Crippen LogP contribution in [0, 0.1) is 13.8 Å². The van der Waals surface area contributed by atoms with Crippen LogP contribution in [0.25, 0.3) is 0 Å². The van der Waals surface area contributed by atoms with Gasteiger partial charge in [0.1, 0.15) is 10.8 Å². The van der Waals surface area contributed by atoms with E-state index in [0.717, 1.165) is 21.9 Å². The fourth-order valence-electron chi connectivity index (χ4n) is 1.67. The molecule has 0 aliphatic carbocycles. The van der Waals surface area contributed by atoms with Crippen molar-refractivity contribution in [2.24, 2.45) is 0 Å². The average Bonchev–Trinajstić information content (AvgIpc) is 2.77. The van der Waals surface area contributed by atoms with E-state index in [1.54, 1.807) is 7.11 Å². The van der Waals surface area contributed by atoms with Crippen molar-refractivity contribution < 1.29 is 9.53 Å². The zero-order valence-corrected chi connectivity index (χ0v) is 11.9. The van der Waals surface area contributed by atoms with E-state index in [1.165, 1.54) is 11.3 Å². The molecule has 1 aromatic carbocycles. The molecule has 0 fully saturated rings. The first-order valence-electron chi connectivity index (χ1n) is 5.82. The second-order valence-corrected chi connectivity index (χ2v) is 5.34. The molecule has 0 saturated carbocycles. The van der Waals surface area contributed by atoms with Crippen molar-refractivity contribution in [2.45, 2.75) is 20.3 Å². The Bertz CT molecular complexity index is 595. The van der Waals surface area contributed by atoms with Crippen LogP contribution in [0.4, 0.5) is 5.13 Å². The lowest BCUT2D eigenvalue weighted by atomic mass is 10.1. The van der Waals surface area contributed by atoms with Crippen molar-refractivity contribution in [1.29, 1.82) is 0 Å². The van der Waals surface area contributed by atoms with Crippen molar-refractivity contribution in [3.8, 4) is 5.75 Å². The highest BCUT2D eigenvalue weighted by atomic mass is 32.1. The Balaban J connectivity index is 2.02. The smallest absolute Gasteiger partial charge is 0.230 e. The zero-order chi connectivity index (χ0) is 13.8. The largest absolute Gasteiger partial charge is 0.496 e. The van der Waals surface area contributed by atoms with E-state index in [2.05, 4.69) is 15.5 Å². The molecular formula is C13H15N3O2S. The van der Waals surface area contributed by atoms with Crippen LogP contribution in [0.5, 0.6) is 5.75 Å². The van der Waals surface area contributed by atoms with Gasteiger partial charge in [-0.3, -0.25) is 4.79 Å². The number of ether oxygens (including phenoxy) is 1. The summed E-state index contributed by atoms with van der Waals surface area (Å²) in [6.45, 7) is 3.81. The summed E-state index contributed by atoms with van der Waals surface area (Å²) in [6.07, 6.45) is 0.287. The lowest BCUT2D eigenvalue weighted by molar-refractivity contribution is -0.115. The first kappa shape index (κ1) is 13.5. The Morgan fingerprint density at radius 2 is 2.16 bits per heavy atom. The maximum Gasteiger partial charge on any atom is 0.230 e. The molecule has 0 aliphatic rings. The summed E-state index contributed by atoms with van der Waals surface area (Å²) in [5.74, 6) is 0.680. The lowest BCUT2D eigenvalue weighted by Gasteiger charge is -2.07. The van der Waals surface area contributed by atoms with E-state index in [0.29, 0.717) is 5.13 Å². The van der Waals surface area contributed by atoms with Crippen LogP contribution >= 0.6 is 11.3 Å². The van der Waals surface area contributed by atoms with Gasteiger partial charge in [-0.15, -0.1) is 10.2 Å². The van der Waals surface area contributed by atoms with E-state index < -0.39 is 0 Å². The predicted octanol–water partition coefficient (Wildman–Crippen LogP) is 2.34. The number of carbonyl (C=O) groups is 1. The second kappa shape index (κ2) is 5.79. The number of nitrogens with zero attached hydrogens (tertiary/aromatic N) is 2. The fraction of sp³-hybridized carbons (Fsp3) is 0.308. The number of benzene rings is 1. The molecule has 1 N–H and O–H groups in total. The third kappa shape index (κ3) is 3.51. The van der Waals surface area contributed by atoms with Crippen LogP contribution in [0.3, 0.4) is 0 Å². The molecule has 5 nitrogen and oxygen atoms in total. The first-order valence-corrected chi connectivity index (χ1v) is 6.63. The van der Waals surface area contributed by atoms with Gasteiger partial charge < -0.3 is 10.1 Å². The van der Waals surface area contributed by atoms with Crippen molar-refractivity contribution in [3.05, 3.63) is 34.3 Å². The van der Waals surface area contributed by atoms with Gasteiger partial charge in [-0.05, 0) is 31.0 Å². The number of nitrogens with one attached hydrogen (secondary N) is 1. The molecule has 0 radical (unpaired) electrons. The first-order chi connectivity index (χ1) is 9.08. The van der Waals surface area contributed by atoms with E-state index in [-0.39, 0.29) is 12.3 Å². The molecule has 0 spiro atoms. The number of hydrogen-bond donors (Lipinski definition) is 1. The standard InChI is InChI=1S/C13H15N3O2S/c1-8-4-5-10(6-11(8)18-3)7-12(17)14-13-16-15-9(2)19-13/h4-6H,7H2,1-3H3,(H,14,16,17). The summed E-state index contributed by atoms with van der Waals surface area (Å²) in [5.41, 5.74) is 1.95. The van der Waals surface area contributed by atoms with E-state index in [4.69, 9.17) is 4.74 Å². The number of amides is 1. The van der Waals surface area contributed by atoms with Crippen molar-refractivity contribution in [2.75, 3.05) is 12.4 Å². The minimum Gasteiger partial charge on any atom is -0.496 e. The quantitative estimate of drug-likeness (QED) is 0.931. The molecule has 1 aromatic heterocycles. The third-order valence-electron chi connectivity index (χ3n) is 2.61. The number of methoxy groups -OCH3 is 1. The minimum absolute atomic E-state index is 0.109. The molecule has 100 valence electrons. The number of aryl methyl sites for hydroxylation is 2. The molecule has 19 heavy (non-hydrogen) atoms. The molecule has 0 unspecified atom stereocenters. The minimum atomic E-state index is -0.109. The molecular weight excluding hydrogens is 262 g/mol. The van der Waals surface area contributed by atoms with Gasteiger partial charge in [-0.25, -0.2) is 0 Å². The number of aromatic nitrogens is 2. The maximum atomic E-state index is 11.9. The highest BCUT2D eigenvalue weighted by Crippen LogP contribution is 2.20. The summed E-state index contributed by atoms with van der Waals surface area (Å²) in [5, 5.41) is 11.8. The molecule has 0 bridgehead atoms. The third-order valence-corrected chi connectivity index (χ3v) is 3.36. The number of hydrogen-bond acceptors (Lipinski definition) is 5. The van der Waals surface area contributed by atoms with Gasteiger partial charge in [0.05, 0.1) is 13.5 Å². The maximum absolute atomic E-state index is 11.9. The molecule has 0 saturated heterocycles. The average molecular weight is 277 g/mol. The van der Waals surface area contributed by atoms with E-state index in [1.807, 2.05) is 32.0 Å². The molecule has 2 rings (SSSR count). The summed E-state index contributed by atoms with van der Waals surface area (Å²) >= 11 is 1.36. The Morgan fingerprint density at radius 3 is 2.79 bits per heavy atom. The Morgan fingerprint density at radius 1 is 1.37 bits per heavy atom. The highest BCUT2D eigenvalue weighted by Gasteiger charge is 2.09. The number of rotatable bonds is 4. The Kier molecular flexibility index (Phi) is 4.11. The van der Waals surface area contributed by atoms with Gasteiger partial charge in [0, 0.05) is 0 Å². The molecule has 1 heterocycles. The molecule has 6 heteroatoms. The summed E-state index contributed by atoms with van der Waals surface area (Å²) in [4.78, 5) is 11.9. The van der Waals surface area contributed by atoms with E-state index in [9.17, 15) is 4.79 Å². The van der Waals surface area contributed by atoms with Crippen molar-refractivity contribution >= 4 is 22.4 Å². The SMILES string of the molecule is COc1cc(CC(=O)Nc2nnc(C)s2)ccc1C.